The standard InChI is InChI=1S/C23H34ClN3O5/c1-29-20-12-18(25)17(24)11-16(20)22(28)26-19-5-8-27(14-21(19)30-2)13-15-3-6-23(7-4-15)31-9-10-32-23/h11-12,15,19,21H,3-10,13-14,25H2,1-2H3,(H,26,28)/t19-,21+/m0/s1. The molecule has 4 rings (SSSR count). The van der Waals surface area contributed by atoms with E-state index in [4.69, 9.17) is 36.3 Å². The number of halogens is 1. The molecule has 9 heteroatoms. The first-order valence-electron chi connectivity index (χ1n) is 11.4. The van der Waals surface area contributed by atoms with Crippen LogP contribution in [-0.4, -0.2) is 75.8 Å². The van der Waals surface area contributed by atoms with E-state index in [0.29, 0.717) is 41.2 Å². The Labute approximate surface area is 194 Å². The summed E-state index contributed by atoms with van der Waals surface area (Å²) in [6, 6.07) is 3.04. The lowest BCUT2D eigenvalue weighted by molar-refractivity contribution is -0.183. The van der Waals surface area contributed by atoms with Gasteiger partial charge in [0.05, 0.1) is 48.7 Å². The molecule has 2 atom stereocenters. The largest absolute Gasteiger partial charge is 0.496 e. The Morgan fingerprint density at radius 3 is 2.62 bits per heavy atom. The van der Waals surface area contributed by atoms with Crippen molar-refractivity contribution in [3.63, 3.8) is 0 Å². The summed E-state index contributed by atoms with van der Waals surface area (Å²) in [5.74, 6) is 0.493. The first kappa shape index (κ1) is 23.6. The summed E-state index contributed by atoms with van der Waals surface area (Å²) in [6.07, 6.45) is 4.92. The average molecular weight is 468 g/mol. The van der Waals surface area contributed by atoms with Crippen LogP contribution in [0.25, 0.3) is 0 Å². The van der Waals surface area contributed by atoms with Gasteiger partial charge >= 0.3 is 0 Å². The minimum absolute atomic E-state index is 0.0836. The fraction of sp³-hybridized carbons (Fsp3) is 0.696. The van der Waals surface area contributed by atoms with Crippen molar-refractivity contribution >= 4 is 23.2 Å². The molecule has 3 aliphatic rings. The topological polar surface area (TPSA) is 95.3 Å². The van der Waals surface area contributed by atoms with Gasteiger partial charge in [-0.2, -0.15) is 0 Å². The lowest BCUT2D eigenvalue weighted by atomic mass is 9.84. The number of likely N-dealkylation sites (tertiary alicyclic amines) is 1. The van der Waals surface area contributed by atoms with Crippen molar-refractivity contribution in [2.24, 2.45) is 5.92 Å². The highest BCUT2D eigenvalue weighted by Gasteiger charge is 2.41. The number of nitrogens with two attached hydrogens (primary N) is 1. The van der Waals surface area contributed by atoms with Gasteiger partial charge < -0.3 is 34.9 Å². The first-order chi connectivity index (χ1) is 15.4. The Morgan fingerprint density at radius 1 is 1.25 bits per heavy atom. The first-order valence-corrected chi connectivity index (χ1v) is 11.8. The van der Waals surface area contributed by atoms with Gasteiger partial charge in [0.2, 0.25) is 0 Å². The van der Waals surface area contributed by atoms with Crippen molar-refractivity contribution in [3.05, 3.63) is 22.7 Å². The summed E-state index contributed by atoms with van der Waals surface area (Å²) in [7, 11) is 3.21. The van der Waals surface area contributed by atoms with E-state index in [-0.39, 0.29) is 23.8 Å². The Balaban J connectivity index is 1.31. The van der Waals surface area contributed by atoms with Crippen molar-refractivity contribution in [2.45, 2.75) is 50.0 Å². The Morgan fingerprint density at radius 2 is 1.97 bits per heavy atom. The molecular formula is C23H34ClN3O5. The molecule has 178 valence electrons. The van der Waals surface area contributed by atoms with Crippen LogP contribution in [-0.2, 0) is 14.2 Å². The second kappa shape index (κ2) is 10.1. The summed E-state index contributed by atoms with van der Waals surface area (Å²) in [5, 5.41) is 3.44. The molecule has 0 aromatic heterocycles. The minimum Gasteiger partial charge on any atom is -0.496 e. The van der Waals surface area contributed by atoms with Gasteiger partial charge in [0, 0.05) is 45.7 Å². The predicted molar refractivity (Wildman–Crippen MR) is 122 cm³/mol. The van der Waals surface area contributed by atoms with Crippen molar-refractivity contribution < 1.29 is 23.7 Å². The van der Waals surface area contributed by atoms with Crippen LogP contribution in [0.1, 0.15) is 42.5 Å². The second-order valence-corrected chi connectivity index (χ2v) is 9.43. The number of nitrogens with one attached hydrogen (secondary N) is 1. The van der Waals surface area contributed by atoms with E-state index in [2.05, 4.69) is 10.2 Å². The quantitative estimate of drug-likeness (QED) is 0.621. The van der Waals surface area contributed by atoms with Gasteiger partial charge in [0.25, 0.3) is 5.91 Å². The number of piperidine rings is 1. The van der Waals surface area contributed by atoms with Crippen LogP contribution in [0.15, 0.2) is 12.1 Å². The van der Waals surface area contributed by atoms with E-state index in [9.17, 15) is 4.79 Å². The maximum absolute atomic E-state index is 13.0. The Bertz CT molecular complexity index is 807. The normalized spacial score (nSPS) is 26.3. The highest BCUT2D eigenvalue weighted by Crippen LogP contribution is 2.38. The van der Waals surface area contributed by atoms with Crippen LogP contribution in [0.2, 0.25) is 5.02 Å². The van der Waals surface area contributed by atoms with E-state index in [1.54, 1.807) is 19.2 Å². The van der Waals surface area contributed by atoms with E-state index in [0.717, 1.165) is 51.7 Å². The molecule has 1 spiro atoms. The zero-order valence-electron chi connectivity index (χ0n) is 18.9. The number of hydrogen-bond acceptors (Lipinski definition) is 7. The summed E-state index contributed by atoms with van der Waals surface area (Å²) in [5.41, 5.74) is 6.59. The van der Waals surface area contributed by atoms with Crippen LogP contribution in [0.4, 0.5) is 5.69 Å². The van der Waals surface area contributed by atoms with Crippen LogP contribution < -0.4 is 15.8 Å². The molecule has 1 aromatic rings. The molecule has 1 aromatic carbocycles. The molecule has 2 heterocycles. The summed E-state index contributed by atoms with van der Waals surface area (Å²) in [6.45, 7) is 4.18. The minimum atomic E-state index is -0.311. The third-order valence-electron chi connectivity index (χ3n) is 7.02. The molecule has 0 radical (unpaired) electrons. The van der Waals surface area contributed by atoms with Gasteiger partial charge in [-0.15, -0.1) is 0 Å². The number of rotatable bonds is 6. The average Bonchev–Trinajstić information content (AvgIpc) is 3.26. The predicted octanol–water partition coefficient (Wildman–Crippen LogP) is 2.68. The summed E-state index contributed by atoms with van der Waals surface area (Å²) >= 11 is 6.13. The maximum atomic E-state index is 13.0. The maximum Gasteiger partial charge on any atom is 0.255 e. The Hall–Kier alpha value is -1.58. The summed E-state index contributed by atoms with van der Waals surface area (Å²) in [4.78, 5) is 15.4. The second-order valence-electron chi connectivity index (χ2n) is 9.03. The monoisotopic (exact) mass is 467 g/mol. The zero-order valence-corrected chi connectivity index (χ0v) is 19.7. The van der Waals surface area contributed by atoms with Crippen molar-refractivity contribution in [2.75, 3.05) is 52.8 Å². The van der Waals surface area contributed by atoms with E-state index in [1.165, 1.54) is 7.11 Å². The highest BCUT2D eigenvalue weighted by molar-refractivity contribution is 6.33. The van der Waals surface area contributed by atoms with Gasteiger partial charge in [-0.25, -0.2) is 0 Å². The molecule has 1 saturated carbocycles. The fourth-order valence-corrected chi connectivity index (χ4v) is 5.33. The third-order valence-corrected chi connectivity index (χ3v) is 7.35. The smallest absolute Gasteiger partial charge is 0.255 e. The summed E-state index contributed by atoms with van der Waals surface area (Å²) < 4.78 is 22.8. The van der Waals surface area contributed by atoms with Gasteiger partial charge in [0.15, 0.2) is 5.79 Å². The number of nitrogens with zero attached hydrogens (tertiary/aromatic N) is 1. The molecule has 2 saturated heterocycles. The van der Waals surface area contributed by atoms with Crippen LogP contribution in [0.5, 0.6) is 5.75 Å². The highest BCUT2D eigenvalue weighted by atomic mass is 35.5. The van der Waals surface area contributed by atoms with Crippen LogP contribution >= 0.6 is 11.6 Å². The van der Waals surface area contributed by atoms with Crippen LogP contribution in [0.3, 0.4) is 0 Å². The van der Waals surface area contributed by atoms with E-state index < -0.39 is 0 Å². The molecule has 32 heavy (non-hydrogen) atoms. The van der Waals surface area contributed by atoms with Crippen molar-refractivity contribution in [1.29, 1.82) is 0 Å². The SMILES string of the molecule is COc1cc(N)c(Cl)cc1C(=O)N[C@H]1CCN(CC2CCC3(CC2)OCCO3)C[C@H]1OC. The number of hydrogen-bond donors (Lipinski definition) is 2. The number of nitrogen functional groups attached to an aromatic ring is 1. The molecule has 1 amide bonds. The van der Waals surface area contributed by atoms with E-state index >= 15 is 0 Å². The van der Waals surface area contributed by atoms with Gasteiger partial charge in [-0.3, -0.25) is 4.79 Å². The van der Waals surface area contributed by atoms with Gasteiger partial charge in [-0.05, 0) is 31.2 Å². The molecule has 0 unspecified atom stereocenters. The molecule has 8 nitrogen and oxygen atoms in total. The number of benzene rings is 1. The molecule has 0 bridgehead atoms. The molecular weight excluding hydrogens is 434 g/mol. The van der Waals surface area contributed by atoms with Crippen LogP contribution in [0, 0.1) is 5.92 Å². The number of ether oxygens (including phenoxy) is 4. The number of carbonyl (C=O) groups excluding carboxylic acids is 1. The van der Waals surface area contributed by atoms with E-state index in [1.807, 2.05) is 0 Å². The third kappa shape index (κ3) is 5.15. The van der Waals surface area contributed by atoms with Gasteiger partial charge in [0.1, 0.15) is 5.75 Å². The number of methoxy groups -OCH3 is 2. The van der Waals surface area contributed by atoms with Crippen molar-refractivity contribution in [1.82, 2.24) is 10.2 Å². The molecule has 3 N–H and O–H groups in total. The number of amides is 1. The number of carbonyl (C=O) groups is 1. The Kier molecular flexibility index (Phi) is 7.47. The van der Waals surface area contributed by atoms with Crippen molar-refractivity contribution in [3.8, 4) is 5.75 Å². The molecule has 1 aliphatic carbocycles. The molecule has 3 fully saturated rings. The lowest BCUT2D eigenvalue weighted by Crippen LogP contribution is -2.55. The molecule has 2 aliphatic heterocycles. The van der Waals surface area contributed by atoms with Gasteiger partial charge in [-0.1, -0.05) is 11.6 Å². The fourth-order valence-electron chi connectivity index (χ4n) is 5.16. The lowest BCUT2D eigenvalue weighted by Gasteiger charge is -2.41. The zero-order chi connectivity index (χ0) is 22.7. The number of anilines is 1.